The Morgan fingerprint density at radius 2 is 1.78 bits per heavy atom. The van der Waals surface area contributed by atoms with Crippen molar-refractivity contribution in [3.8, 4) is 17.0 Å². The minimum atomic E-state index is -0.525. The number of hydrogen-bond acceptors (Lipinski definition) is 5. The molecule has 3 heterocycles. The molecule has 0 radical (unpaired) electrons. The zero-order chi connectivity index (χ0) is 29.3. The summed E-state index contributed by atoms with van der Waals surface area (Å²) in [5, 5.41) is 4.89. The van der Waals surface area contributed by atoms with Crippen LogP contribution < -0.4 is 9.64 Å². The molecule has 5 rings (SSSR count). The van der Waals surface area contributed by atoms with E-state index in [9.17, 15) is 9.59 Å². The highest BCUT2D eigenvalue weighted by molar-refractivity contribution is 5.96. The molecular formula is C32H39FN4O4. The van der Waals surface area contributed by atoms with Gasteiger partial charge in [0.1, 0.15) is 17.2 Å². The summed E-state index contributed by atoms with van der Waals surface area (Å²) in [5.41, 5.74) is 3.79. The summed E-state index contributed by atoms with van der Waals surface area (Å²) in [6, 6.07) is 11.4. The Hall–Kier alpha value is -3.88. The number of fused-ring (bicyclic) bond motifs is 1. The van der Waals surface area contributed by atoms with Crippen molar-refractivity contribution in [2.45, 2.75) is 65.0 Å². The molecular weight excluding hydrogens is 523 g/mol. The summed E-state index contributed by atoms with van der Waals surface area (Å²) in [7, 11) is 3.33. The maximum Gasteiger partial charge on any atom is 0.410 e. The third kappa shape index (κ3) is 6.39. The first kappa shape index (κ1) is 28.6. The number of rotatable bonds is 6. The average Bonchev–Trinajstić information content (AvgIpc) is 3.32. The highest BCUT2D eigenvalue weighted by Gasteiger charge is 2.30. The fourth-order valence-electron chi connectivity index (χ4n) is 5.67. The smallest absolute Gasteiger partial charge is 0.410 e. The first-order chi connectivity index (χ1) is 19.5. The minimum absolute atomic E-state index is 0.00756. The van der Waals surface area contributed by atoms with E-state index < -0.39 is 5.60 Å². The predicted molar refractivity (Wildman–Crippen MR) is 156 cm³/mol. The molecule has 9 heteroatoms. The Balaban J connectivity index is 1.41. The normalized spacial score (nSPS) is 16.1. The standard InChI is InChI=1S/C32H39FN4O4/c1-32(2,3)41-31(39)36-16-14-21(15-17-36)18-23-20-37(19-22-6-8-24(40-5)9-7-22)34-30(23)26-10-12-27-25(29(26)33)11-13-28(38)35(27)4/h6-10,12,20-21H,11,13-19H2,1-5H3. The fourth-order valence-corrected chi connectivity index (χ4v) is 5.67. The number of methoxy groups -OCH3 is 1. The molecule has 1 saturated heterocycles. The average molecular weight is 563 g/mol. The van der Waals surface area contributed by atoms with E-state index in [2.05, 4.69) is 0 Å². The van der Waals surface area contributed by atoms with Crippen LogP contribution in [0.25, 0.3) is 11.3 Å². The largest absolute Gasteiger partial charge is 0.497 e. The van der Waals surface area contributed by atoms with Gasteiger partial charge in [0.05, 0.1) is 19.3 Å². The molecule has 218 valence electrons. The highest BCUT2D eigenvalue weighted by Crippen LogP contribution is 2.37. The number of likely N-dealkylation sites (tertiary alicyclic amines) is 1. The van der Waals surface area contributed by atoms with Gasteiger partial charge < -0.3 is 19.3 Å². The molecule has 0 bridgehead atoms. The lowest BCUT2D eigenvalue weighted by atomic mass is 9.89. The van der Waals surface area contributed by atoms with Crippen LogP contribution in [-0.2, 0) is 28.9 Å². The van der Waals surface area contributed by atoms with Gasteiger partial charge in [0.15, 0.2) is 0 Å². The van der Waals surface area contributed by atoms with Gasteiger partial charge in [0.25, 0.3) is 0 Å². The second-order valence-corrected chi connectivity index (χ2v) is 12.0. The van der Waals surface area contributed by atoms with E-state index in [1.165, 1.54) is 4.90 Å². The Morgan fingerprint density at radius 1 is 1.07 bits per heavy atom. The number of hydrogen-bond donors (Lipinski definition) is 0. The summed E-state index contributed by atoms with van der Waals surface area (Å²) in [6.45, 7) is 7.42. The van der Waals surface area contributed by atoms with Gasteiger partial charge in [-0.05, 0) is 87.8 Å². The first-order valence-corrected chi connectivity index (χ1v) is 14.3. The molecule has 0 spiro atoms. The van der Waals surface area contributed by atoms with Crippen LogP contribution >= 0.6 is 0 Å². The molecule has 2 aromatic carbocycles. The van der Waals surface area contributed by atoms with E-state index in [-0.39, 0.29) is 17.8 Å². The van der Waals surface area contributed by atoms with Crippen molar-refractivity contribution in [1.82, 2.24) is 14.7 Å². The lowest BCUT2D eigenvalue weighted by Crippen LogP contribution is -2.42. The van der Waals surface area contributed by atoms with E-state index in [4.69, 9.17) is 14.6 Å². The topological polar surface area (TPSA) is 76.9 Å². The number of piperidine rings is 1. The minimum Gasteiger partial charge on any atom is -0.497 e. The molecule has 0 N–H and O–H groups in total. The Kier molecular flexibility index (Phi) is 8.07. The third-order valence-electron chi connectivity index (χ3n) is 7.91. The number of halogens is 1. The van der Waals surface area contributed by atoms with Crippen LogP contribution in [0.3, 0.4) is 0 Å². The summed E-state index contributed by atoms with van der Waals surface area (Å²) in [6.07, 6.45) is 4.82. The molecule has 0 atom stereocenters. The van der Waals surface area contributed by atoms with Gasteiger partial charge in [-0.1, -0.05) is 12.1 Å². The second-order valence-electron chi connectivity index (χ2n) is 12.0. The Bertz CT molecular complexity index is 1420. The number of anilines is 1. The summed E-state index contributed by atoms with van der Waals surface area (Å²) in [5.74, 6) is 0.799. The van der Waals surface area contributed by atoms with E-state index in [1.807, 2.05) is 62.0 Å². The maximum atomic E-state index is 16.0. The van der Waals surface area contributed by atoms with E-state index in [1.54, 1.807) is 25.1 Å². The Labute approximate surface area is 241 Å². The number of nitrogens with zero attached hydrogens (tertiary/aromatic N) is 4. The third-order valence-corrected chi connectivity index (χ3v) is 7.91. The molecule has 8 nitrogen and oxygen atoms in total. The number of aromatic nitrogens is 2. The van der Waals surface area contributed by atoms with Crippen LogP contribution in [0.1, 0.15) is 56.7 Å². The number of carbonyl (C=O) groups excluding carboxylic acids is 2. The molecule has 0 unspecified atom stereocenters. The van der Waals surface area contributed by atoms with Crippen molar-refractivity contribution in [3.05, 3.63) is 65.1 Å². The highest BCUT2D eigenvalue weighted by atomic mass is 19.1. The van der Waals surface area contributed by atoms with Crippen LogP contribution in [0, 0.1) is 11.7 Å². The van der Waals surface area contributed by atoms with Gasteiger partial charge in [-0.25, -0.2) is 9.18 Å². The quantitative estimate of drug-likeness (QED) is 0.377. The molecule has 2 aliphatic heterocycles. The van der Waals surface area contributed by atoms with Crippen LogP contribution in [0.15, 0.2) is 42.6 Å². The molecule has 0 saturated carbocycles. The number of carbonyl (C=O) groups is 2. The number of amides is 2. The SMILES string of the molecule is COc1ccc(Cn2cc(CC3CCN(C(=O)OC(C)(C)C)CC3)c(-c3ccc4c(c3F)CCC(=O)N4C)n2)cc1. The fraction of sp³-hybridized carbons (Fsp3) is 0.469. The predicted octanol–water partition coefficient (Wildman–Crippen LogP) is 5.84. The molecule has 41 heavy (non-hydrogen) atoms. The summed E-state index contributed by atoms with van der Waals surface area (Å²) < 4.78 is 28.7. The van der Waals surface area contributed by atoms with Gasteiger partial charge in [-0.3, -0.25) is 9.48 Å². The van der Waals surface area contributed by atoms with Gasteiger partial charge in [-0.2, -0.15) is 5.10 Å². The first-order valence-electron chi connectivity index (χ1n) is 14.3. The van der Waals surface area contributed by atoms with Crippen molar-refractivity contribution >= 4 is 17.7 Å². The van der Waals surface area contributed by atoms with Crippen molar-refractivity contribution in [1.29, 1.82) is 0 Å². The molecule has 1 aromatic heterocycles. The second kappa shape index (κ2) is 11.5. The maximum absolute atomic E-state index is 16.0. The van der Waals surface area contributed by atoms with Crippen LogP contribution in [0.4, 0.5) is 14.9 Å². The molecule has 1 fully saturated rings. The van der Waals surface area contributed by atoms with Crippen molar-refractivity contribution in [2.24, 2.45) is 5.92 Å². The van der Waals surface area contributed by atoms with Crippen molar-refractivity contribution < 1.29 is 23.5 Å². The van der Waals surface area contributed by atoms with E-state index in [0.29, 0.717) is 60.9 Å². The van der Waals surface area contributed by atoms with Crippen molar-refractivity contribution in [3.63, 3.8) is 0 Å². The van der Waals surface area contributed by atoms with Crippen molar-refractivity contribution in [2.75, 3.05) is 32.1 Å². The molecule has 0 aliphatic carbocycles. The van der Waals surface area contributed by atoms with Crippen LogP contribution in [0.2, 0.25) is 0 Å². The van der Waals surface area contributed by atoms with Crippen LogP contribution in [-0.4, -0.2) is 59.5 Å². The molecule has 2 aliphatic rings. The van der Waals surface area contributed by atoms with Gasteiger partial charge in [0, 0.05) is 49.6 Å². The zero-order valence-corrected chi connectivity index (χ0v) is 24.6. The summed E-state index contributed by atoms with van der Waals surface area (Å²) >= 11 is 0. The van der Waals surface area contributed by atoms with Gasteiger partial charge in [-0.15, -0.1) is 0 Å². The molecule has 3 aromatic rings. The monoisotopic (exact) mass is 562 g/mol. The Morgan fingerprint density at radius 3 is 2.44 bits per heavy atom. The van der Waals surface area contributed by atoms with Gasteiger partial charge >= 0.3 is 6.09 Å². The van der Waals surface area contributed by atoms with Gasteiger partial charge in [0.2, 0.25) is 5.91 Å². The lowest BCUT2D eigenvalue weighted by molar-refractivity contribution is -0.118. The number of ether oxygens (including phenoxy) is 2. The molecule has 2 amide bonds. The van der Waals surface area contributed by atoms with Crippen LogP contribution in [0.5, 0.6) is 5.75 Å². The number of benzene rings is 2. The summed E-state index contributed by atoms with van der Waals surface area (Å²) in [4.78, 5) is 28.1. The van der Waals surface area contributed by atoms with E-state index in [0.717, 1.165) is 36.1 Å². The zero-order valence-electron chi connectivity index (χ0n) is 24.6. The lowest BCUT2D eigenvalue weighted by Gasteiger charge is -2.33. The van der Waals surface area contributed by atoms with E-state index >= 15 is 4.39 Å².